The van der Waals surface area contributed by atoms with Crippen LogP contribution in [0.5, 0.6) is 0 Å². The molecule has 9 heteroatoms. The van der Waals surface area contributed by atoms with E-state index < -0.39 is 9.84 Å². The van der Waals surface area contributed by atoms with Crippen molar-refractivity contribution in [3.05, 3.63) is 39.7 Å². The van der Waals surface area contributed by atoms with Crippen molar-refractivity contribution in [3.8, 4) is 10.4 Å². The molecule has 0 spiro atoms. The summed E-state index contributed by atoms with van der Waals surface area (Å²) in [6.45, 7) is 2.98. The van der Waals surface area contributed by atoms with Crippen LogP contribution in [-0.4, -0.2) is 44.9 Å². The summed E-state index contributed by atoms with van der Waals surface area (Å²) < 4.78 is 30.4. The Morgan fingerprint density at radius 1 is 1.31 bits per heavy atom. The minimum absolute atomic E-state index is 0.148. The third kappa shape index (κ3) is 3.81. The van der Waals surface area contributed by atoms with Gasteiger partial charge in [0, 0.05) is 28.6 Å². The lowest BCUT2D eigenvalue weighted by Crippen LogP contribution is -2.42. The molecule has 0 N–H and O–H groups in total. The third-order valence-electron chi connectivity index (χ3n) is 5.22. The van der Waals surface area contributed by atoms with Gasteiger partial charge in [-0.2, -0.15) is 0 Å². The van der Waals surface area contributed by atoms with Gasteiger partial charge in [0.1, 0.15) is 0 Å². The second-order valence-corrected chi connectivity index (χ2v) is 10.7. The van der Waals surface area contributed by atoms with Crippen LogP contribution in [0.1, 0.15) is 35.0 Å². The molecule has 0 aliphatic carbocycles. The number of rotatable bonds is 3. The number of sulfone groups is 1. The van der Waals surface area contributed by atoms with Crippen LogP contribution >= 0.6 is 22.9 Å². The van der Waals surface area contributed by atoms with Crippen LogP contribution < -0.4 is 0 Å². The number of ether oxygens (including phenoxy) is 1. The first kappa shape index (κ1) is 20.4. The SMILES string of the molecule is CCOC(=O)[C@@H]1CCCN(C(=O)c2cc3c(s2)-c2ccc(Cl)cc2S(=O)(=O)C3)C1. The molecule has 2 aliphatic rings. The van der Waals surface area contributed by atoms with E-state index in [0.29, 0.717) is 47.1 Å². The fraction of sp³-hybridized carbons (Fsp3) is 0.400. The quantitative estimate of drug-likeness (QED) is 0.661. The number of likely N-dealkylation sites (tertiary alicyclic amines) is 1. The lowest BCUT2D eigenvalue weighted by atomic mass is 9.98. The first-order valence-electron chi connectivity index (χ1n) is 9.41. The maximum absolute atomic E-state index is 13.1. The van der Waals surface area contributed by atoms with Gasteiger partial charge in [-0.05, 0) is 43.5 Å². The fourth-order valence-electron chi connectivity index (χ4n) is 3.86. The lowest BCUT2D eigenvalue weighted by molar-refractivity contribution is -0.149. The number of piperidine rings is 1. The highest BCUT2D eigenvalue weighted by molar-refractivity contribution is 7.91. The number of carbonyl (C=O) groups is 2. The maximum atomic E-state index is 13.1. The molecule has 0 unspecified atom stereocenters. The Morgan fingerprint density at radius 2 is 2.10 bits per heavy atom. The molecular weight excluding hydrogens is 434 g/mol. The molecule has 1 atom stereocenters. The zero-order valence-corrected chi connectivity index (χ0v) is 18.2. The predicted octanol–water partition coefficient (Wildman–Crippen LogP) is 3.77. The van der Waals surface area contributed by atoms with Crippen LogP contribution in [0.15, 0.2) is 29.2 Å². The van der Waals surface area contributed by atoms with Gasteiger partial charge >= 0.3 is 5.97 Å². The van der Waals surface area contributed by atoms with E-state index in [1.165, 1.54) is 17.4 Å². The Hall–Kier alpha value is -1.90. The van der Waals surface area contributed by atoms with Gasteiger partial charge in [-0.15, -0.1) is 11.3 Å². The summed E-state index contributed by atoms with van der Waals surface area (Å²) in [5.41, 5.74) is 1.22. The van der Waals surface area contributed by atoms with E-state index in [0.717, 1.165) is 11.3 Å². The van der Waals surface area contributed by atoms with E-state index in [9.17, 15) is 18.0 Å². The fourth-order valence-corrected chi connectivity index (χ4v) is 7.05. The standard InChI is InChI=1S/C20H20ClNO5S2/c1-2-27-20(24)12-4-3-7-22(10-12)19(23)16-8-13-11-29(25,26)17-9-14(21)5-6-15(17)18(13)28-16/h5-6,8-9,12H,2-4,7,10-11H2,1H3/t12-/m1/s1. The number of nitrogens with zero attached hydrogens (tertiary/aromatic N) is 1. The molecule has 2 aromatic rings. The van der Waals surface area contributed by atoms with Crippen LogP contribution in [0.2, 0.25) is 5.02 Å². The number of hydrogen-bond acceptors (Lipinski definition) is 6. The molecule has 3 heterocycles. The molecule has 1 fully saturated rings. The normalized spacial score (nSPS) is 19.9. The van der Waals surface area contributed by atoms with Crippen molar-refractivity contribution in [1.82, 2.24) is 4.90 Å². The molecule has 154 valence electrons. The van der Waals surface area contributed by atoms with Crippen molar-refractivity contribution in [2.24, 2.45) is 5.92 Å². The molecule has 6 nitrogen and oxygen atoms in total. The van der Waals surface area contributed by atoms with Gasteiger partial charge in [0.2, 0.25) is 0 Å². The topological polar surface area (TPSA) is 80.8 Å². The number of amides is 1. The molecule has 4 rings (SSSR count). The number of esters is 1. The smallest absolute Gasteiger partial charge is 0.310 e. The summed E-state index contributed by atoms with van der Waals surface area (Å²) in [6, 6.07) is 6.48. The van der Waals surface area contributed by atoms with Gasteiger partial charge in [0.25, 0.3) is 5.91 Å². The number of benzene rings is 1. The molecule has 29 heavy (non-hydrogen) atoms. The number of halogens is 1. The van der Waals surface area contributed by atoms with Crippen LogP contribution in [0.25, 0.3) is 10.4 Å². The number of fused-ring (bicyclic) bond motifs is 3. The van der Waals surface area contributed by atoms with E-state index in [4.69, 9.17) is 16.3 Å². The van der Waals surface area contributed by atoms with Gasteiger partial charge in [0.15, 0.2) is 9.84 Å². The highest BCUT2D eigenvalue weighted by Gasteiger charge is 2.34. The summed E-state index contributed by atoms with van der Waals surface area (Å²) in [5, 5.41) is 0.363. The molecule has 1 saturated heterocycles. The zero-order valence-electron chi connectivity index (χ0n) is 15.8. The van der Waals surface area contributed by atoms with Crippen LogP contribution in [0.3, 0.4) is 0 Å². The predicted molar refractivity (Wildman–Crippen MR) is 111 cm³/mol. The van der Waals surface area contributed by atoms with Crippen LogP contribution in [-0.2, 0) is 25.1 Å². The van der Waals surface area contributed by atoms with Gasteiger partial charge in [-0.1, -0.05) is 17.7 Å². The number of hydrogen-bond donors (Lipinski definition) is 0. The number of thiophene rings is 1. The van der Waals surface area contributed by atoms with Crippen molar-refractivity contribution in [2.45, 2.75) is 30.4 Å². The molecule has 1 aromatic heterocycles. The largest absolute Gasteiger partial charge is 0.466 e. The highest BCUT2D eigenvalue weighted by Crippen LogP contribution is 2.44. The second-order valence-electron chi connectivity index (χ2n) is 7.21. The van der Waals surface area contributed by atoms with Gasteiger partial charge in [-0.3, -0.25) is 9.59 Å². The second kappa shape index (κ2) is 7.74. The Kier molecular flexibility index (Phi) is 5.44. The van der Waals surface area contributed by atoms with E-state index in [2.05, 4.69) is 0 Å². The molecule has 0 radical (unpaired) electrons. The summed E-state index contributed by atoms with van der Waals surface area (Å²) in [5.74, 6) is -0.908. The third-order valence-corrected chi connectivity index (χ3v) is 8.35. The first-order chi connectivity index (χ1) is 13.8. The van der Waals surface area contributed by atoms with E-state index in [-0.39, 0.29) is 28.4 Å². The summed E-state index contributed by atoms with van der Waals surface area (Å²) >= 11 is 7.28. The molecular formula is C20H20ClNO5S2. The Balaban J connectivity index is 1.63. The van der Waals surface area contributed by atoms with Crippen LogP contribution in [0, 0.1) is 5.92 Å². The van der Waals surface area contributed by atoms with E-state index in [1.54, 1.807) is 30.0 Å². The molecule has 2 aliphatic heterocycles. The summed E-state index contributed by atoms with van der Waals surface area (Å²) in [6.07, 6.45) is 1.44. The van der Waals surface area contributed by atoms with Crippen molar-refractivity contribution < 1.29 is 22.7 Å². The zero-order chi connectivity index (χ0) is 20.8. The maximum Gasteiger partial charge on any atom is 0.310 e. The van der Waals surface area contributed by atoms with Crippen molar-refractivity contribution >= 4 is 44.7 Å². The van der Waals surface area contributed by atoms with Crippen molar-refractivity contribution in [1.29, 1.82) is 0 Å². The Labute approximate surface area is 178 Å². The average Bonchev–Trinajstić information content (AvgIpc) is 3.11. The van der Waals surface area contributed by atoms with E-state index in [1.807, 2.05) is 0 Å². The summed E-state index contributed by atoms with van der Waals surface area (Å²) in [7, 11) is -3.51. The average molecular weight is 454 g/mol. The lowest BCUT2D eigenvalue weighted by Gasteiger charge is -2.31. The minimum atomic E-state index is -3.51. The van der Waals surface area contributed by atoms with Crippen LogP contribution in [0.4, 0.5) is 0 Å². The minimum Gasteiger partial charge on any atom is -0.466 e. The molecule has 0 bridgehead atoms. The molecule has 0 saturated carbocycles. The first-order valence-corrected chi connectivity index (χ1v) is 12.3. The molecule has 1 aromatic carbocycles. The summed E-state index contributed by atoms with van der Waals surface area (Å²) in [4.78, 5) is 28.3. The van der Waals surface area contributed by atoms with Crippen molar-refractivity contribution in [3.63, 3.8) is 0 Å². The Bertz CT molecular complexity index is 1090. The highest BCUT2D eigenvalue weighted by atomic mass is 35.5. The Morgan fingerprint density at radius 3 is 2.86 bits per heavy atom. The van der Waals surface area contributed by atoms with Gasteiger partial charge in [-0.25, -0.2) is 8.42 Å². The molecule has 1 amide bonds. The van der Waals surface area contributed by atoms with Gasteiger partial charge in [0.05, 0.1) is 28.1 Å². The monoisotopic (exact) mass is 453 g/mol. The van der Waals surface area contributed by atoms with E-state index >= 15 is 0 Å². The number of carbonyl (C=O) groups excluding carboxylic acids is 2. The van der Waals surface area contributed by atoms with Gasteiger partial charge < -0.3 is 9.64 Å². The van der Waals surface area contributed by atoms with Crippen molar-refractivity contribution in [2.75, 3.05) is 19.7 Å².